The fourth-order valence-corrected chi connectivity index (χ4v) is 2.74. The molecule has 0 amide bonds. The lowest BCUT2D eigenvalue weighted by molar-refractivity contribution is 0.287. The topological polar surface area (TPSA) is 78.4 Å². The molecule has 0 spiro atoms. The van der Waals surface area contributed by atoms with Crippen molar-refractivity contribution in [3.05, 3.63) is 64.1 Å². The third-order valence-corrected chi connectivity index (χ3v) is 4.02. The van der Waals surface area contributed by atoms with Crippen LogP contribution in [0.15, 0.2) is 61.6 Å². The first kappa shape index (κ1) is 13.7. The number of hydrogen-bond donors (Lipinski definition) is 0. The quantitative estimate of drug-likeness (QED) is 0.534. The van der Waals surface area contributed by atoms with Crippen molar-refractivity contribution in [3.63, 3.8) is 0 Å². The first-order valence-corrected chi connectivity index (χ1v) is 7.69. The number of ether oxygens (including phenoxy) is 1. The van der Waals surface area contributed by atoms with Gasteiger partial charge in [0, 0.05) is 17.5 Å². The van der Waals surface area contributed by atoms with E-state index in [0.29, 0.717) is 23.0 Å². The Morgan fingerprint density at radius 1 is 1.17 bits per heavy atom. The third kappa shape index (κ3) is 2.86. The average molecular weight is 326 g/mol. The van der Waals surface area contributed by atoms with Crippen LogP contribution in [0.4, 0.5) is 0 Å². The lowest BCUT2D eigenvalue weighted by Gasteiger charge is -2.03. The van der Waals surface area contributed by atoms with Gasteiger partial charge in [0.25, 0.3) is 5.89 Å². The van der Waals surface area contributed by atoms with E-state index in [1.54, 1.807) is 18.2 Å². The molecule has 6 nitrogen and oxygen atoms in total. The zero-order valence-electron chi connectivity index (χ0n) is 11.8. The van der Waals surface area contributed by atoms with E-state index in [1.165, 1.54) is 17.4 Å². The van der Waals surface area contributed by atoms with Gasteiger partial charge < -0.3 is 13.7 Å². The summed E-state index contributed by atoms with van der Waals surface area (Å²) in [6, 6.07) is 12.2. The normalized spacial score (nSPS) is 11.0. The standard InChI is InChI=1S/C16H10N2O4S/c19-15-6-4-10-3-5-11(8-12(10)21-15)20-9-14-17-16(22-18-14)13-2-1-7-23-13/h1-8H,9H2. The minimum Gasteiger partial charge on any atom is -0.485 e. The van der Waals surface area contributed by atoms with E-state index in [4.69, 9.17) is 13.7 Å². The van der Waals surface area contributed by atoms with Gasteiger partial charge in [-0.2, -0.15) is 4.98 Å². The van der Waals surface area contributed by atoms with Gasteiger partial charge in [-0.1, -0.05) is 11.2 Å². The Bertz CT molecular complexity index is 1000. The summed E-state index contributed by atoms with van der Waals surface area (Å²) >= 11 is 1.53. The first-order valence-electron chi connectivity index (χ1n) is 6.81. The second-order valence-electron chi connectivity index (χ2n) is 4.74. The molecule has 0 N–H and O–H groups in total. The second kappa shape index (κ2) is 5.69. The lowest BCUT2D eigenvalue weighted by Crippen LogP contribution is -1.98. The van der Waals surface area contributed by atoms with Gasteiger partial charge in [-0.05, 0) is 29.6 Å². The molecule has 3 heterocycles. The summed E-state index contributed by atoms with van der Waals surface area (Å²) in [4.78, 5) is 16.4. The predicted octanol–water partition coefficient (Wildman–Crippen LogP) is 3.48. The van der Waals surface area contributed by atoms with Crippen molar-refractivity contribution >= 4 is 22.3 Å². The Morgan fingerprint density at radius 2 is 2.09 bits per heavy atom. The highest BCUT2D eigenvalue weighted by Gasteiger charge is 2.10. The maximum atomic E-state index is 11.3. The molecule has 0 atom stereocenters. The van der Waals surface area contributed by atoms with Crippen LogP contribution in [0.1, 0.15) is 5.82 Å². The van der Waals surface area contributed by atoms with Gasteiger partial charge in [-0.3, -0.25) is 0 Å². The van der Waals surface area contributed by atoms with Crippen molar-refractivity contribution in [2.75, 3.05) is 0 Å². The number of thiophene rings is 1. The summed E-state index contributed by atoms with van der Waals surface area (Å²) in [5.41, 5.74) is 0.0794. The van der Waals surface area contributed by atoms with Crippen LogP contribution in [0.25, 0.3) is 21.7 Å². The van der Waals surface area contributed by atoms with Gasteiger partial charge in [-0.15, -0.1) is 11.3 Å². The number of fused-ring (bicyclic) bond motifs is 1. The van der Waals surface area contributed by atoms with E-state index in [-0.39, 0.29) is 6.61 Å². The van der Waals surface area contributed by atoms with Crippen LogP contribution in [0.3, 0.4) is 0 Å². The molecule has 0 fully saturated rings. The SMILES string of the molecule is O=c1ccc2ccc(OCc3noc(-c4cccs4)n3)cc2o1. The summed E-state index contributed by atoms with van der Waals surface area (Å²) in [5.74, 6) is 1.49. The van der Waals surface area contributed by atoms with Crippen molar-refractivity contribution in [2.45, 2.75) is 6.61 Å². The highest BCUT2D eigenvalue weighted by molar-refractivity contribution is 7.13. The Labute approximate surface area is 133 Å². The number of aromatic nitrogens is 2. The molecule has 4 aromatic rings. The van der Waals surface area contributed by atoms with Crippen molar-refractivity contribution < 1.29 is 13.7 Å². The molecule has 3 aromatic heterocycles. The molecule has 4 rings (SSSR count). The summed E-state index contributed by atoms with van der Waals surface area (Å²) < 4.78 is 15.9. The molecule has 0 bridgehead atoms. The number of nitrogens with zero attached hydrogens (tertiary/aromatic N) is 2. The molecular weight excluding hydrogens is 316 g/mol. The molecule has 1 aromatic carbocycles. The zero-order chi connectivity index (χ0) is 15.6. The highest BCUT2D eigenvalue weighted by atomic mass is 32.1. The molecule has 7 heteroatoms. The number of hydrogen-bond acceptors (Lipinski definition) is 7. The van der Waals surface area contributed by atoms with E-state index in [1.807, 2.05) is 23.6 Å². The monoisotopic (exact) mass is 326 g/mol. The van der Waals surface area contributed by atoms with E-state index in [9.17, 15) is 4.79 Å². The summed E-state index contributed by atoms with van der Waals surface area (Å²) in [7, 11) is 0. The van der Waals surface area contributed by atoms with Gasteiger partial charge >= 0.3 is 5.63 Å². The Morgan fingerprint density at radius 3 is 2.96 bits per heavy atom. The third-order valence-electron chi connectivity index (χ3n) is 3.16. The van der Waals surface area contributed by atoms with Crippen LogP contribution in [0.5, 0.6) is 5.75 Å². The molecule has 0 radical (unpaired) electrons. The molecule has 0 aliphatic rings. The molecule has 0 aliphatic carbocycles. The minimum atomic E-state index is -0.395. The van der Waals surface area contributed by atoms with Crippen molar-refractivity contribution in [3.8, 4) is 16.5 Å². The van der Waals surface area contributed by atoms with Crippen LogP contribution in [0, 0.1) is 0 Å². The molecule has 0 saturated heterocycles. The van der Waals surface area contributed by atoms with Crippen molar-refractivity contribution in [1.29, 1.82) is 0 Å². The van der Waals surface area contributed by atoms with Crippen molar-refractivity contribution in [1.82, 2.24) is 10.1 Å². The molecule has 23 heavy (non-hydrogen) atoms. The molecular formula is C16H10N2O4S. The fraction of sp³-hybridized carbons (Fsp3) is 0.0625. The Kier molecular flexibility index (Phi) is 3.39. The van der Waals surface area contributed by atoms with Crippen LogP contribution in [-0.4, -0.2) is 10.1 Å². The Hall–Kier alpha value is -2.93. The van der Waals surface area contributed by atoms with Crippen LogP contribution < -0.4 is 10.4 Å². The van der Waals surface area contributed by atoms with E-state index >= 15 is 0 Å². The smallest absolute Gasteiger partial charge is 0.336 e. The van der Waals surface area contributed by atoms with Crippen LogP contribution in [0.2, 0.25) is 0 Å². The summed E-state index contributed by atoms with van der Waals surface area (Å²) in [5, 5.41) is 6.66. The summed E-state index contributed by atoms with van der Waals surface area (Å²) in [6.07, 6.45) is 0. The number of rotatable bonds is 4. The average Bonchev–Trinajstić information content (AvgIpc) is 3.23. The Balaban J connectivity index is 1.51. The highest BCUT2D eigenvalue weighted by Crippen LogP contribution is 2.23. The first-order chi connectivity index (χ1) is 11.3. The predicted molar refractivity (Wildman–Crippen MR) is 84.4 cm³/mol. The largest absolute Gasteiger partial charge is 0.485 e. The van der Waals surface area contributed by atoms with Gasteiger partial charge in [-0.25, -0.2) is 4.79 Å². The van der Waals surface area contributed by atoms with Crippen LogP contribution >= 0.6 is 11.3 Å². The number of benzene rings is 1. The lowest BCUT2D eigenvalue weighted by atomic mass is 10.2. The van der Waals surface area contributed by atoms with E-state index in [0.717, 1.165) is 10.3 Å². The maximum Gasteiger partial charge on any atom is 0.336 e. The van der Waals surface area contributed by atoms with E-state index < -0.39 is 5.63 Å². The van der Waals surface area contributed by atoms with E-state index in [2.05, 4.69) is 10.1 Å². The van der Waals surface area contributed by atoms with Crippen LogP contribution in [-0.2, 0) is 6.61 Å². The minimum absolute atomic E-state index is 0.164. The van der Waals surface area contributed by atoms with Gasteiger partial charge in [0.05, 0.1) is 4.88 Å². The molecule has 114 valence electrons. The van der Waals surface area contributed by atoms with Crippen molar-refractivity contribution in [2.24, 2.45) is 0 Å². The van der Waals surface area contributed by atoms with Gasteiger partial charge in [0.2, 0.25) is 5.82 Å². The molecule has 0 unspecified atom stereocenters. The zero-order valence-corrected chi connectivity index (χ0v) is 12.6. The second-order valence-corrected chi connectivity index (χ2v) is 5.68. The fourth-order valence-electron chi connectivity index (χ4n) is 2.09. The van der Waals surface area contributed by atoms with Gasteiger partial charge in [0.15, 0.2) is 6.61 Å². The van der Waals surface area contributed by atoms with Gasteiger partial charge in [0.1, 0.15) is 11.3 Å². The molecule has 0 saturated carbocycles. The summed E-state index contributed by atoms with van der Waals surface area (Å²) in [6.45, 7) is 0.164. The maximum absolute atomic E-state index is 11.3. The molecule has 0 aliphatic heterocycles.